The van der Waals surface area contributed by atoms with E-state index >= 15 is 0 Å². The molecule has 0 unspecified atom stereocenters. The van der Waals surface area contributed by atoms with Gasteiger partial charge in [0.25, 0.3) is 0 Å². The van der Waals surface area contributed by atoms with Gasteiger partial charge in [0.15, 0.2) is 0 Å². The van der Waals surface area contributed by atoms with Crippen molar-refractivity contribution in [2.75, 3.05) is 0 Å². The third-order valence-electron chi connectivity index (χ3n) is 1.62. The van der Waals surface area contributed by atoms with Gasteiger partial charge in [-0.1, -0.05) is 29.4 Å². The van der Waals surface area contributed by atoms with Crippen LogP contribution in [0, 0.1) is 0 Å². The number of aryl methyl sites for hydroxylation is 1. The van der Waals surface area contributed by atoms with Crippen molar-refractivity contribution in [3.05, 3.63) is 29.3 Å². The van der Waals surface area contributed by atoms with Crippen molar-refractivity contribution in [1.29, 1.82) is 0 Å². The Morgan fingerprint density at radius 1 is 1.75 bits per heavy atom. The monoisotopic (exact) mass is 228 g/mol. The Balaban J connectivity index is 2.69. The lowest BCUT2D eigenvalue weighted by molar-refractivity contribution is 0.714. The zero-order valence-electron chi connectivity index (χ0n) is 7.26. The molecule has 3 heteroatoms. The summed E-state index contributed by atoms with van der Waals surface area (Å²) in [4.78, 5) is 4.26. The number of hydrogen-bond donors (Lipinski definition) is 0. The summed E-state index contributed by atoms with van der Waals surface area (Å²) in [5, 5.41) is 0. The van der Waals surface area contributed by atoms with E-state index in [1.165, 1.54) is 0 Å². The van der Waals surface area contributed by atoms with Gasteiger partial charge in [0, 0.05) is 23.3 Å². The quantitative estimate of drug-likeness (QED) is 0.776. The molecule has 0 atom stereocenters. The van der Waals surface area contributed by atoms with Crippen LogP contribution in [0.25, 0.3) is 0 Å². The van der Waals surface area contributed by atoms with Gasteiger partial charge in [0.05, 0.1) is 6.54 Å². The van der Waals surface area contributed by atoms with E-state index in [4.69, 9.17) is 0 Å². The van der Waals surface area contributed by atoms with Gasteiger partial charge in [-0.2, -0.15) is 0 Å². The van der Waals surface area contributed by atoms with Crippen molar-refractivity contribution in [3.63, 3.8) is 0 Å². The molecule has 0 bridgehead atoms. The minimum Gasteiger partial charge on any atom is -0.330 e. The molecule has 66 valence electrons. The van der Waals surface area contributed by atoms with Gasteiger partial charge in [0.1, 0.15) is 5.82 Å². The lowest BCUT2D eigenvalue weighted by atomic mass is 10.3. The maximum Gasteiger partial charge on any atom is 0.108 e. The van der Waals surface area contributed by atoms with Crippen molar-refractivity contribution < 1.29 is 0 Å². The molecule has 0 radical (unpaired) electrons. The first-order valence-electron chi connectivity index (χ1n) is 4.07. The molecule has 1 rings (SSSR count). The summed E-state index contributed by atoms with van der Waals surface area (Å²) in [6, 6.07) is 0. The van der Waals surface area contributed by atoms with E-state index in [1.807, 2.05) is 12.4 Å². The third kappa shape index (κ3) is 2.48. The molecule has 0 N–H and O–H groups in total. The highest BCUT2D eigenvalue weighted by molar-refractivity contribution is 9.11. The molecule has 0 aliphatic carbocycles. The molecule has 2 nitrogen and oxygen atoms in total. The molecule has 0 fully saturated rings. The molecule has 1 heterocycles. The molecule has 1 aromatic rings. The standard InChI is InChI=1S/C9H13BrN2/c1-3-4-9-11-5-6-12(9)7-8(2)10/h5-6H,2-4,7H2,1H3. The Morgan fingerprint density at radius 3 is 3.08 bits per heavy atom. The first kappa shape index (κ1) is 9.52. The summed E-state index contributed by atoms with van der Waals surface area (Å²) in [6.45, 7) is 6.77. The van der Waals surface area contributed by atoms with Crippen LogP contribution in [0.4, 0.5) is 0 Å². The van der Waals surface area contributed by atoms with Gasteiger partial charge in [-0.15, -0.1) is 0 Å². The topological polar surface area (TPSA) is 17.8 Å². The van der Waals surface area contributed by atoms with Crippen LogP contribution in [0.2, 0.25) is 0 Å². The van der Waals surface area contributed by atoms with E-state index in [0.717, 1.165) is 29.7 Å². The van der Waals surface area contributed by atoms with E-state index in [9.17, 15) is 0 Å². The molecule has 0 saturated heterocycles. The van der Waals surface area contributed by atoms with Crippen molar-refractivity contribution in [3.8, 4) is 0 Å². The van der Waals surface area contributed by atoms with Gasteiger partial charge < -0.3 is 4.57 Å². The number of aromatic nitrogens is 2. The molecule has 1 aromatic heterocycles. The predicted molar refractivity (Wildman–Crippen MR) is 54.3 cm³/mol. The van der Waals surface area contributed by atoms with Crippen molar-refractivity contribution in [1.82, 2.24) is 9.55 Å². The largest absolute Gasteiger partial charge is 0.330 e. The normalized spacial score (nSPS) is 10.2. The van der Waals surface area contributed by atoms with Crippen LogP contribution in [0.3, 0.4) is 0 Å². The van der Waals surface area contributed by atoms with E-state index < -0.39 is 0 Å². The average molecular weight is 229 g/mol. The smallest absolute Gasteiger partial charge is 0.108 e. The van der Waals surface area contributed by atoms with Gasteiger partial charge in [-0.05, 0) is 6.42 Å². The first-order valence-corrected chi connectivity index (χ1v) is 4.86. The predicted octanol–water partition coefficient (Wildman–Crippen LogP) is 2.74. The van der Waals surface area contributed by atoms with E-state index in [2.05, 4.69) is 39.0 Å². The van der Waals surface area contributed by atoms with Gasteiger partial charge in [-0.25, -0.2) is 4.98 Å². The molecular formula is C9H13BrN2. The van der Waals surface area contributed by atoms with Gasteiger partial charge in [0.2, 0.25) is 0 Å². The summed E-state index contributed by atoms with van der Waals surface area (Å²) < 4.78 is 3.10. The number of nitrogens with zero attached hydrogens (tertiary/aromatic N) is 2. The second-order valence-electron chi connectivity index (χ2n) is 2.74. The maximum atomic E-state index is 4.26. The van der Waals surface area contributed by atoms with Gasteiger partial charge >= 0.3 is 0 Å². The summed E-state index contributed by atoms with van der Waals surface area (Å²) in [7, 11) is 0. The molecule has 0 aromatic carbocycles. The van der Waals surface area contributed by atoms with Crippen molar-refractivity contribution in [2.24, 2.45) is 0 Å². The molecule has 0 spiro atoms. The first-order chi connectivity index (χ1) is 5.74. The number of allylic oxidation sites excluding steroid dienone is 1. The van der Waals surface area contributed by atoms with Crippen LogP contribution in [0.5, 0.6) is 0 Å². The third-order valence-corrected chi connectivity index (χ3v) is 1.87. The maximum absolute atomic E-state index is 4.26. The number of rotatable bonds is 4. The fourth-order valence-corrected chi connectivity index (χ4v) is 1.39. The second kappa shape index (κ2) is 4.45. The minimum atomic E-state index is 0.815. The number of hydrogen-bond acceptors (Lipinski definition) is 1. The van der Waals surface area contributed by atoms with Crippen molar-refractivity contribution in [2.45, 2.75) is 26.3 Å². The highest BCUT2D eigenvalue weighted by atomic mass is 79.9. The molecule has 0 aliphatic rings. The molecule has 0 aliphatic heterocycles. The van der Waals surface area contributed by atoms with Crippen LogP contribution in [-0.2, 0) is 13.0 Å². The summed E-state index contributed by atoms with van der Waals surface area (Å²) in [5.74, 6) is 1.14. The average Bonchev–Trinajstić information content (AvgIpc) is 2.37. The number of halogens is 1. The second-order valence-corrected chi connectivity index (χ2v) is 3.86. The summed E-state index contributed by atoms with van der Waals surface area (Å²) in [5.41, 5.74) is 0. The van der Waals surface area contributed by atoms with Crippen molar-refractivity contribution >= 4 is 15.9 Å². The Hall–Kier alpha value is -0.570. The molecule has 0 amide bonds. The Labute approximate surface area is 81.4 Å². The van der Waals surface area contributed by atoms with Crippen LogP contribution in [-0.4, -0.2) is 9.55 Å². The Morgan fingerprint density at radius 2 is 2.50 bits per heavy atom. The van der Waals surface area contributed by atoms with Crippen LogP contribution < -0.4 is 0 Å². The summed E-state index contributed by atoms with van der Waals surface area (Å²) >= 11 is 3.34. The van der Waals surface area contributed by atoms with Crippen LogP contribution in [0.1, 0.15) is 19.2 Å². The Kier molecular flexibility index (Phi) is 3.53. The lowest BCUT2D eigenvalue weighted by Crippen LogP contribution is -2.02. The molecular weight excluding hydrogens is 216 g/mol. The number of imidazole rings is 1. The SMILES string of the molecule is C=C(Br)Cn1ccnc1CCC. The summed E-state index contributed by atoms with van der Waals surface area (Å²) in [6.07, 6.45) is 5.98. The van der Waals surface area contributed by atoms with Crippen LogP contribution >= 0.6 is 15.9 Å². The Bertz CT molecular complexity index is 265. The molecule has 12 heavy (non-hydrogen) atoms. The zero-order valence-corrected chi connectivity index (χ0v) is 8.84. The zero-order chi connectivity index (χ0) is 8.97. The lowest BCUT2D eigenvalue weighted by Gasteiger charge is -2.04. The fourth-order valence-electron chi connectivity index (χ4n) is 1.12. The molecule has 0 saturated carbocycles. The fraction of sp³-hybridized carbons (Fsp3) is 0.444. The highest BCUT2D eigenvalue weighted by Gasteiger charge is 2.00. The van der Waals surface area contributed by atoms with Gasteiger partial charge in [-0.3, -0.25) is 0 Å². The highest BCUT2D eigenvalue weighted by Crippen LogP contribution is 2.08. The van der Waals surface area contributed by atoms with E-state index in [-0.39, 0.29) is 0 Å². The van der Waals surface area contributed by atoms with E-state index in [0.29, 0.717) is 0 Å². The minimum absolute atomic E-state index is 0.815. The van der Waals surface area contributed by atoms with Crippen LogP contribution in [0.15, 0.2) is 23.5 Å². The van der Waals surface area contributed by atoms with E-state index in [1.54, 1.807) is 0 Å².